The zero-order valence-corrected chi connectivity index (χ0v) is 12.8. The first kappa shape index (κ1) is 16.1. The Balaban J connectivity index is 2.62. The number of hydrogen-bond donors (Lipinski definition) is 0. The molecule has 114 valence electrons. The molecule has 21 heavy (non-hydrogen) atoms. The fourth-order valence-electron chi connectivity index (χ4n) is 2.17. The summed E-state index contributed by atoms with van der Waals surface area (Å²) in [5, 5.41) is 0.985. The first-order valence-corrected chi connectivity index (χ1v) is 8.25. The van der Waals surface area contributed by atoms with Crippen LogP contribution in [0.5, 0.6) is 0 Å². The van der Waals surface area contributed by atoms with Crippen molar-refractivity contribution in [2.75, 3.05) is 13.2 Å². The van der Waals surface area contributed by atoms with Crippen molar-refractivity contribution in [3.8, 4) is 0 Å². The van der Waals surface area contributed by atoms with Crippen molar-refractivity contribution in [2.24, 2.45) is 0 Å². The zero-order valence-electron chi connectivity index (χ0n) is 11.9. The number of rotatable bonds is 6. The summed E-state index contributed by atoms with van der Waals surface area (Å²) in [5.41, 5.74) is -4.05. The molecule has 0 radical (unpaired) electrons. The lowest BCUT2D eigenvalue weighted by Gasteiger charge is -2.26. The maximum Gasteiger partial charge on any atom is 0.404 e. The largest absolute Gasteiger partial charge is 0.404 e. The molecule has 0 unspecified atom stereocenters. The van der Waals surface area contributed by atoms with E-state index in [0.717, 1.165) is 0 Å². The van der Waals surface area contributed by atoms with Gasteiger partial charge in [0.15, 0.2) is 0 Å². The molecule has 0 bridgehead atoms. The Labute approximate surface area is 122 Å². The SMILES string of the molecule is CCOP(=O)(OCC)C(F)(F)c1cccc2ccccc12. The van der Waals surface area contributed by atoms with E-state index < -0.39 is 13.3 Å². The first-order valence-electron chi connectivity index (χ1n) is 6.71. The molecule has 3 nitrogen and oxygen atoms in total. The Morgan fingerprint density at radius 3 is 2.19 bits per heavy atom. The Bertz CT molecular complexity index is 658. The topological polar surface area (TPSA) is 35.5 Å². The molecule has 0 aliphatic rings. The predicted octanol–water partition coefficient (Wildman–Crippen LogP) is 5.16. The van der Waals surface area contributed by atoms with Gasteiger partial charge in [-0.15, -0.1) is 0 Å². The van der Waals surface area contributed by atoms with Crippen molar-refractivity contribution in [1.29, 1.82) is 0 Å². The number of benzene rings is 2. The molecule has 0 aliphatic carbocycles. The third-order valence-corrected chi connectivity index (χ3v) is 5.18. The minimum Gasteiger partial charge on any atom is -0.304 e. The van der Waals surface area contributed by atoms with Crippen LogP contribution in [0.4, 0.5) is 8.78 Å². The van der Waals surface area contributed by atoms with E-state index in [0.29, 0.717) is 10.8 Å². The Morgan fingerprint density at radius 1 is 1.00 bits per heavy atom. The fraction of sp³-hybridized carbons (Fsp3) is 0.333. The van der Waals surface area contributed by atoms with Crippen LogP contribution in [0.1, 0.15) is 19.4 Å². The van der Waals surface area contributed by atoms with Crippen molar-refractivity contribution in [2.45, 2.75) is 19.5 Å². The average molecular weight is 314 g/mol. The Morgan fingerprint density at radius 2 is 1.57 bits per heavy atom. The van der Waals surface area contributed by atoms with E-state index in [-0.39, 0.29) is 18.8 Å². The molecular weight excluding hydrogens is 297 g/mol. The van der Waals surface area contributed by atoms with Crippen LogP contribution in [0.25, 0.3) is 10.8 Å². The van der Waals surface area contributed by atoms with E-state index in [2.05, 4.69) is 0 Å². The van der Waals surface area contributed by atoms with Crippen LogP contribution in [0.3, 0.4) is 0 Å². The van der Waals surface area contributed by atoms with E-state index in [1.165, 1.54) is 26.0 Å². The quantitative estimate of drug-likeness (QED) is 0.691. The molecule has 2 aromatic carbocycles. The highest BCUT2D eigenvalue weighted by molar-refractivity contribution is 7.54. The molecule has 2 rings (SSSR count). The van der Waals surface area contributed by atoms with E-state index in [4.69, 9.17) is 9.05 Å². The Kier molecular flexibility index (Phi) is 4.77. The number of alkyl halides is 2. The van der Waals surface area contributed by atoms with Gasteiger partial charge in [0.2, 0.25) is 0 Å². The van der Waals surface area contributed by atoms with Gasteiger partial charge < -0.3 is 9.05 Å². The second-order valence-corrected chi connectivity index (χ2v) is 6.47. The zero-order chi connectivity index (χ0) is 15.5. The first-order chi connectivity index (χ1) is 9.96. The van der Waals surface area contributed by atoms with Gasteiger partial charge >= 0.3 is 13.3 Å². The third kappa shape index (κ3) is 2.86. The van der Waals surface area contributed by atoms with E-state index in [1.807, 2.05) is 0 Å². The summed E-state index contributed by atoms with van der Waals surface area (Å²) < 4.78 is 51.7. The van der Waals surface area contributed by atoms with Gasteiger partial charge in [0, 0.05) is 5.56 Å². The molecule has 0 spiro atoms. The standard InChI is InChI=1S/C15H17F2O3P/c1-3-19-21(18,20-4-2)15(16,17)14-11-7-9-12-8-5-6-10-13(12)14/h5-11H,3-4H2,1-2H3. The summed E-state index contributed by atoms with van der Waals surface area (Å²) in [7, 11) is -4.58. The molecule has 0 heterocycles. The highest BCUT2D eigenvalue weighted by Crippen LogP contribution is 2.67. The smallest absolute Gasteiger partial charge is 0.304 e. The molecule has 0 saturated carbocycles. The van der Waals surface area contributed by atoms with Gasteiger partial charge in [0.25, 0.3) is 0 Å². The normalized spacial score (nSPS) is 12.8. The monoisotopic (exact) mass is 314 g/mol. The van der Waals surface area contributed by atoms with Gasteiger partial charge in [-0.2, -0.15) is 8.78 Å². The number of halogens is 2. The highest BCUT2D eigenvalue weighted by Gasteiger charge is 2.55. The van der Waals surface area contributed by atoms with Gasteiger partial charge in [-0.25, -0.2) is 0 Å². The van der Waals surface area contributed by atoms with Crippen LogP contribution in [0, 0.1) is 0 Å². The summed E-state index contributed by atoms with van der Waals surface area (Å²) >= 11 is 0. The molecule has 0 aliphatic heterocycles. The molecule has 0 N–H and O–H groups in total. The molecule has 0 fully saturated rings. The lowest BCUT2D eigenvalue weighted by Crippen LogP contribution is -2.18. The third-order valence-electron chi connectivity index (χ3n) is 3.06. The lowest BCUT2D eigenvalue weighted by atomic mass is 10.1. The van der Waals surface area contributed by atoms with Crippen LogP contribution in [0.2, 0.25) is 0 Å². The van der Waals surface area contributed by atoms with Crippen molar-refractivity contribution in [3.05, 3.63) is 48.0 Å². The summed E-state index contributed by atoms with van der Waals surface area (Å²) in [6, 6.07) is 11.2. The van der Waals surface area contributed by atoms with Gasteiger partial charge in [-0.05, 0) is 24.6 Å². The summed E-state index contributed by atoms with van der Waals surface area (Å²) in [4.78, 5) is 0. The second-order valence-electron chi connectivity index (χ2n) is 4.40. The minimum absolute atomic E-state index is 0.113. The lowest BCUT2D eigenvalue weighted by molar-refractivity contribution is 0.0373. The van der Waals surface area contributed by atoms with Crippen LogP contribution >= 0.6 is 7.60 Å². The van der Waals surface area contributed by atoms with Crippen molar-refractivity contribution in [1.82, 2.24) is 0 Å². The maximum absolute atomic E-state index is 14.8. The number of fused-ring (bicyclic) bond motifs is 1. The van der Waals surface area contributed by atoms with Crippen LogP contribution < -0.4 is 0 Å². The molecule has 0 aromatic heterocycles. The second kappa shape index (κ2) is 6.22. The summed E-state index contributed by atoms with van der Waals surface area (Å²) in [6.07, 6.45) is 0. The van der Waals surface area contributed by atoms with Crippen molar-refractivity contribution in [3.63, 3.8) is 0 Å². The van der Waals surface area contributed by atoms with Gasteiger partial charge in [0.1, 0.15) is 0 Å². The van der Waals surface area contributed by atoms with E-state index in [9.17, 15) is 13.3 Å². The molecule has 2 aromatic rings. The maximum atomic E-state index is 14.8. The van der Waals surface area contributed by atoms with Gasteiger partial charge in [-0.3, -0.25) is 4.57 Å². The number of hydrogen-bond acceptors (Lipinski definition) is 3. The molecule has 0 saturated heterocycles. The highest BCUT2D eigenvalue weighted by atomic mass is 31.2. The molecule has 0 atom stereocenters. The minimum atomic E-state index is -4.58. The average Bonchev–Trinajstić information content (AvgIpc) is 2.47. The summed E-state index contributed by atoms with van der Waals surface area (Å²) in [6.45, 7) is 2.78. The van der Waals surface area contributed by atoms with E-state index in [1.54, 1.807) is 30.3 Å². The van der Waals surface area contributed by atoms with E-state index >= 15 is 0 Å². The van der Waals surface area contributed by atoms with Crippen LogP contribution in [-0.2, 0) is 19.3 Å². The summed E-state index contributed by atoms with van der Waals surface area (Å²) in [5.74, 6) is 0. The molecule has 6 heteroatoms. The van der Waals surface area contributed by atoms with Crippen LogP contribution in [0.15, 0.2) is 42.5 Å². The van der Waals surface area contributed by atoms with Gasteiger partial charge in [-0.1, -0.05) is 42.5 Å². The molecule has 0 amide bonds. The van der Waals surface area contributed by atoms with Crippen molar-refractivity contribution >= 4 is 18.4 Å². The van der Waals surface area contributed by atoms with Crippen LogP contribution in [-0.4, -0.2) is 13.2 Å². The van der Waals surface area contributed by atoms with Gasteiger partial charge in [0.05, 0.1) is 13.2 Å². The fourth-order valence-corrected chi connectivity index (χ4v) is 3.74. The molecular formula is C15H17F2O3P. The Hall–Kier alpha value is -1.29. The van der Waals surface area contributed by atoms with Crippen molar-refractivity contribution < 1.29 is 22.4 Å². The predicted molar refractivity (Wildman–Crippen MR) is 78.7 cm³/mol.